The summed E-state index contributed by atoms with van der Waals surface area (Å²) in [7, 11) is 0. The Hall–Kier alpha value is -1.04. The van der Waals surface area contributed by atoms with E-state index in [1.807, 2.05) is 0 Å². The zero-order valence-electron chi connectivity index (χ0n) is 16.8. The lowest BCUT2D eigenvalue weighted by Crippen LogP contribution is -1.85. The van der Waals surface area contributed by atoms with Gasteiger partial charge < -0.3 is 0 Å². The molecular weight excluding hydrogens is 288 g/mol. The molecule has 0 saturated carbocycles. The summed E-state index contributed by atoms with van der Waals surface area (Å²) in [5.74, 6) is 0. The highest BCUT2D eigenvalue weighted by molar-refractivity contribution is 5.04. The number of hydrogen-bond donors (Lipinski definition) is 0. The predicted molar refractivity (Wildman–Crippen MR) is 110 cm³/mol. The monoisotopic (exact) mass is 328 g/mol. The van der Waals surface area contributed by atoms with Crippen molar-refractivity contribution in [2.24, 2.45) is 0 Å². The Morgan fingerprint density at radius 3 is 0.833 bits per heavy atom. The zero-order valence-corrected chi connectivity index (χ0v) is 16.8. The van der Waals surface area contributed by atoms with E-state index in [9.17, 15) is 0 Å². The van der Waals surface area contributed by atoms with Crippen molar-refractivity contribution < 1.29 is 0 Å². The standard InChI is InChI=1S/C24H40/c1-21-13-5-7-15-22(2)17-9-11-19-24(4)20-12-10-18-23(3)16-8-6-14-21/h13,16-17,20H,5-12,14-15,18-19H2,1-4H3/b21-13-,22-17-,23-16+,24-20+. The molecule has 0 nitrogen and oxygen atoms in total. The van der Waals surface area contributed by atoms with Crippen LogP contribution < -0.4 is 0 Å². The van der Waals surface area contributed by atoms with Gasteiger partial charge in [0.1, 0.15) is 0 Å². The van der Waals surface area contributed by atoms with Gasteiger partial charge in [-0.25, -0.2) is 0 Å². The van der Waals surface area contributed by atoms with Crippen molar-refractivity contribution in [1.82, 2.24) is 0 Å². The molecule has 0 aromatic heterocycles. The van der Waals surface area contributed by atoms with Crippen LogP contribution in [0.4, 0.5) is 0 Å². The molecule has 0 heteroatoms. The summed E-state index contributed by atoms with van der Waals surface area (Å²) in [5.41, 5.74) is 6.32. The lowest BCUT2D eigenvalue weighted by molar-refractivity contribution is 0.769. The third-order valence-corrected chi connectivity index (χ3v) is 5.07. The maximum atomic E-state index is 2.47. The molecule has 1 aliphatic carbocycles. The molecule has 0 amide bonds. The van der Waals surface area contributed by atoms with Crippen LogP contribution >= 0.6 is 0 Å². The molecule has 0 heterocycles. The second-order valence-electron chi connectivity index (χ2n) is 7.77. The van der Waals surface area contributed by atoms with E-state index in [0.717, 1.165) is 0 Å². The summed E-state index contributed by atoms with van der Waals surface area (Å²) in [6.45, 7) is 9.22. The van der Waals surface area contributed by atoms with Crippen LogP contribution in [0, 0.1) is 0 Å². The minimum Gasteiger partial charge on any atom is -0.0856 e. The molecule has 0 bridgehead atoms. The molecule has 0 radical (unpaired) electrons. The van der Waals surface area contributed by atoms with Gasteiger partial charge in [0.2, 0.25) is 0 Å². The van der Waals surface area contributed by atoms with Gasteiger partial charge in [-0.15, -0.1) is 0 Å². The van der Waals surface area contributed by atoms with Gasteiger partial charge in [-0.05, 0) is 105 Å². The van der Waals surface area contributed by atoms with Gasteiger partial charge in [0.15, 0.2) is 0 Å². The molecular formula is C24H40. The van der Waals surface area contributed by atoms with E-state index < -0.39 is 0 Å². The van der Waals surface area contributed by atoms with Crippen molar-refractivity contribution in [3.05, 3.63) is 46.6 Å². The van der Waals surface area contributed by atoms with Crippen LogP contribution in [0.25, 0.3) is 0 Å². The second-order valence-corrected chi connectivity index (χ2v) is 7.77. The van der Waals surface area contributed by atoms with Gasteiger partial charge in [0.05, 0.1) is 0 Å². The molecule has 1 aliphatic rings. The highest BCUT2D eigenvalue weighted by Crippen LogP contribution is 2.16. The summed E-state index contributed by atoms with van der Waals surface area (Å²) < 4.78 is 0. The Kier molecular flexibility index (Phi) is 11.6. The van der Waals surface area contributed by atoms with Crippen molar-refractivity contribution in [2.75, 3.05) is 0 Å². The Morgan fingerprint density at radius 1 is 0.417 bits per heavy atom. The molecule has 0 aromatic carbocycles. The highest BCUT2D eigenvalue weighted by atomic mass is 14.0. The molecule has 0 saturated heterocycles. The van der Waals surface area contributed by atoms with Crippen LogP contribution in [0.1, 0.15) is 105 Å². The third kappa shape index (κ3) is 11.5. The van der Waals surface area contributed by atoms with E-state index >= 15 is 0 Å². The van der Waals surface area contributed by atoms with Gasteiger partial charge in [0, 0.05) is 0 Å². The minimum atomic E-state index is 1.24. The van der Waals surface area contributed by atoms with E-state index in [4.69, 9.17) is 0 Å². The van der Waals surface area contributed by atoms with Crippen LogP contribution in [-0.4, -0.2) is 0 Å². The number of rotatable bonds is 0. The minimum absolute atomic E-state index is 1.24. The van der Waals surface area contributed by atoms with Crippen molar-refractivity contribution in [2.45, 2.75) is 105 Å². The molecule has 0 N–H and O–H groups in total. The van der Waals surface area contributed by atoms with E-state index in [1.165, 1.54) is 77.0 Å². The van der Waals surface area contributed by atoms with Gasteiger partial charge >= 0.3 is 0 Å². The van der Waals surface area contributed by atoms with Gasteiger partial charge in [-0.1, -0.05) is 46.6 Å². The normalized spacial score (nSPS) is 29.8. The molecule has 136 valence electrons. The summed E-state index contributed by atoms with van der Waals surface area (Å²) in [6, 6.07) is 0. The first kappa shape index (κ1) is 21.0. The molecule has 0 spiro atoms. The van der Waals surface area contributed by atoms with Crippen molar-refractivity contribution in [1.29, 1.82) is 0 Å². The van der Waals surface area contributed by atoms with E-state index in [1.54, 1.807) is 22.3 Å². The van der Waals surface area contributed by atoms with Crippen molar-refractivity contribution in [3.8, 4) is 0 Å². The molecule has 0 aromatic rings. The molecule has 0 unspecified atom stereocenters. The first-order valence-corrected chi connectivity index (χ1v) is 10.2. The van der Waals surface area contributed by atoms with Crippen LogP contribution in [0.15, 0.2) is 46.6 Å². The molecule has 0 aliphatic heterocycles. The molecule has 24 heavy (non-hydrogen) atoms. The zero-order chi connectivity index (χ0) is 17.6. The van der Waals surface area contributed by atoms with Gasteiger partial charge in [-0.2, -0.15) is 0 Å². The summed E-state index contributed by atoms with van der Waals surface area (Å²) in [4.78, 5) is 0. The Labute approximate surface area is 151 Å². The third-order valence-electron chi connectivity index (χ3n) is 5.07. The summed E-state index contributed by atoms with van der Waals surface area (Å²) in [6.07, 6.45) is 25.1. The fraction of sp³-hybridized carbons (Fsp3) is 0.667. The van der Waals surface area contributed by atoms with Crippen LogP contribution in [0.5, 0.6) is 0 Å². The van der Waals surface area contributed by atoms with Crippen molar-refractivity contribution >= 4 is 0 Å². The first-order chi connectivity index (χ1) is 11.6. The Bertz CT molecular complexity index is 368. The van der Waals surface area contributed by atoms with Gasteiger partial charge in [0.25, 0.3) is 0 Å². The fourth-order valence-electron chi connectivity index (χ4n) is 3.33. The maximum absolute atomic E-state index is 2.47. The summed E-state index contributed by atoms with van der Waals surface area (Å²) >= 11 is 0. The average molecular weight is 329 g/mol. The van der Waals surface area contributed by atoms with E-state index in [0.29, 0.717) is 0 Å². The molecule has 1 rings (SSSR count). The van der Waals surface area contributed by atoms with Crippen molar-refractivity contribution in [3.63, 3.8) is 0 Å². The SMILES string of the molecule is C/C1=C/CCC/C(C)=C/CCC/C(C)=C/CCC/C(C)=C\CCC1. The van der Waals surface area contributed by atoms with Crippen LogP contribution in [0.3, 0.4) is 0 Å². The Balaban J connectivity index is 2.53. The Morgan fingerprint density at radius 2 is 0.625 bits per heavy atom. The summed E-state index contributed by atoms with van der Waals surface area (Å²) in [5, 5.41) is 0. The second kappa shape index (κ2) is 13.3. The van der Waals surface area contributed by atoms with Crippen LogP contribution in [-0.2, 0) is 0 Å². The number of allylic oxidation sites excluding steroid dienone is 8. The number of hydrogen-bond acceptors (Lipinski definition) is 0. The van der Waals surface area contributed by atoms with E-state index in [2.05, 4.69) is 52.0 Å². The van der Waals surface area contributed by atoms with E-state index in [-0.39, 0.29) is 0 Å². The first-order valence-electron chi connectivity index (χ1n) is 10.2. The largest absolute Gasteiger partial charge is 0.0856 e. The van der Waals surface area contributed by atoms with Crippen LogP contribution in [0.2, 0.25) is 0 Å². The maximum Gasteiger partial charge on any atom is -0.0320 e. The van der Waals surface area contributed by atoms with Gasteiger partial charge in [-0.3, -0.25) is 0 Å². The average Bonchev–Trinajstić information content (AvgIpc) is 2.55. The lowest BCUT2D eigenvalue weighted by Gasteiger charge is -2.05. The predicted octanol–water partition coefficient (Wildman–Crippen LogP) is 8.47. The molecule has 0 atom stereocenters. The highest BCUT2D eigenvalue weighted by Gasteiger charge is 1.96. The molecule has 0 fully saturated rings. The fourth-order valence-corrected chi connectivity index (χ4v) is 3.33. The smallest absolute Gasteiger partial charge is 0.0320 e. The topological polar surface area (TPSA) is 0 Å². The lowest BCUT2D eigenvalue weighted by atomic mass is 10.0. The quantitative estimate of drug-likeness (QED) is 0.391.